The first-order chi connectivity index (χ1) is 9.74. The van der Waals surface area contributed by atoms with Gasteiger partial charge in [-0.1, -0.05) is 27.3 Å². The lowest BCUT2D eigenvalue weighted by Crippen LogP contribution is -1.99. The Morgan fingerprint density at radius 2 is 2.20 bits per heavy atom. The van der Waals surface area contributed by atoms with Gasteiger partial charge in [0.25, 0.3) is 0 Å². The fourth-order valence-electron chi connectivity index (χ4n) is 1.82. The Morgan fingerprint density at radius 1 is 1.30 bits per heavy atom. The lowest BCUT2D eigenvalue weighted by atomic mass is 10.3. The summed E-state index contributed by atoms with van der Waals surface area (Å²) >= 11 is 5.11. The number of anilines is 1. The van der Waals surface area contributed by atoms with Crippen LogP contribution in [0.15, 0.2) is 41.0 Å². The van der Waals surface area contributed by atoms with E-state index in [1.165, 1.54) is 0 Å². The molecule has 0 aliphatic heterocycles. The van der Waals surface area contributed by atoms with Gasteiger partial charge in [-0.3, -0.25) is 0 Å². The van der Waals surface area contributed by atoms with Gasteiger partial charge in [0.1, 0.15) is 0 Å². The number of ether oxygens (including phenoxy) is 1. The van der Waals surface area contributed by atoms with Gasteiger partial charge >= 0.3 is 0 Å². The van der Waals surface area contributed by atoms with Crippen molar-refractivity contribution in [3.05, 3.63) is 46.6 Å². The zero-order valence-electron chi connectivity index (χ0n) is 10.8. The maximum atomic E-state index is 5.11. The van der Waals surface area contributed by atoms with E-state index in [2.05, 4.69) is 37.3 Å². The molecule has 4 nitrogen and oxygen atoms in total. The van der Waals surface area contributed by atoms with Crippen LogP contribution in [0.1, 0.15) is 5.56 Å². The van der Waals surface area contributed by atoms with Crippen LogP contribution in [-0.4, -0.2) is 17.1 Å². The fourth-order valence-corrected chi connectivity index (χ4v) is 3.24. The third-order valence-corrected chi connectivity index (χ3v) is 4.27. The summed E-state index contributed by atoms with van der Waals surface area (Å²) in [4.78, 5) is 8.64. The van der Waals surface area contributed by atoms with Crippen LogP contribution in [0.25, 0.3) is 10.2 Å². The Bertz CT molecular complexity index is 744. The number of hydrogen-bond donors (Lipinski definition) is 1. The Balaban J connectivity index is 1.76. The van der Waals surface area contributed by atoms with Crippen LogP contribution < -0.4 is 10.1 Å². The fraction of sp³-hybridized carbons (Fsp3) is 0.143. The normalized spacial score (nSPS) is 10.7. The second-order valence-corrected chi connectivity index (χ2v) is 6.14. The van der Waals surface area contributed by atoms with Crippen LogP contribution in [0.5, 0.6) is 5.88 Å². The maximum absolute atomic E-state index is 5.11. The standard InChI is InChI=1S/C14H12BrN3OS/c1-19-13-6-9(4-5-16-13)8-17-14-18-11-3-2-10(15)7-12(11)20-14/h2-7H,8H2,1H3,(H,17,18). The lowest BCUT2D eigenvalue weighted by molar-refractivity contribution is 0.397. The van der Waals surface area contributed by atoms with Gasteiger partial charge in [-0.05, 0) is 29.8 Å². The van der Waals surface area contributed by atoms with E-state index in [-0.39, 0.29) is 0 Å². The van der Waals surface area contributed by atoms with Gasteiger partial charge in [-0.25, -0.2) is 9.97 Å². The van der Waals surface area contributed by atoms with Crippen molar-refractivity contribution in [3.8, 4) is 5.88 Å². The van der Waals surface area contributed by atoms with E-state index in [1.807, 2.05) is 24.3 Å². The molecule has 0 radical (unpaired) electrons. The van der Waals surface area contributed by atoms with Crippen LogP contribution >= 0.6 is 27.3 Å². The number of halogens is 1. The molecular weight excluding hydrogens is 338 g/mol. The van der Waals surface area contributed by atoms with Crippen LogP contribution in [0.4, 0.5) is 5.13 Å². The molecule has 0 atom stereocenters. The number of benzene rings is 1. The van der Waals surface area contributed by atoms with Gasteiger partial charge in [0.15, 0.2) is 5.13 Å². The first-order valence-corrected chi connectivity index (χ1v) is 7.64. The molecule has 0 fully saturated rings. The molecule has 3 aromatic rings. The predicted octanol–water partition coefficient (Wildman–Crippen LogP) is 4.07. The molecule has 2 aromatic heterocycles. The number of nitrogens with zero attached hydrogens (tertiary/aromatic N) is 2. The number of thiazole rings is 1. The zero-order chi connectivity index (χ0) is 13.9. The average Bonchev–Trinajstić information content (AvgIpc) is 2.87. The summed E-state index contributed by atoms with van der Waals surface area (Å²) in [7, 11) is 1.62. The van der Waals surface area contributed by atoms with Crippen molar-refractivity contribution >= 4 is 42.6 Å². The van der Waals surface area contributed by atoms with Crippen LogP contribution in [-0.2, 0) is 6.54 Å². The van der Waals surface area contributed by atoms with Crippen molar-refractivity contribution in [1.82, 2.24) is 9.97 Å². The highest BCUT2D eigenvalue weighted by Crippen LogP contribution is 2.28. The van der Waals surface area contributed by atoms with Gasteiger partial charge in [-0.2, -0.15) is 0 Å². The van der Waals surface area contributed by atoms with Crippen molar-refractivity contribution in [2.24, 2.45) is 0 Å². The van der Waals surface area contributed by atoms with Crippen LogP contribution in [0, 0.1) is 0 Å². The Morgan fingerprint density at radius 3 is 3.05 bits per heavy atom. The molecule has 0 saturated heterocycles. The highest BCUT2D eigenvalue weighted by atomic mass is 79.9. The molecule has 0 unspecified atom stereocenters. The van der Waals surface area contributed by atoms with Gasteiger partial charge in [-0.15, -0.1) is 0 Å². The van der Waals surface area contributed by atoms with E-state index in [1.54, 1.807) is 24.6 Å². The molecular formula is C14H12BrN3OS. The average molecular weight is 350 g/mol. The molecule has 0 aliphatic carbocycles. The highest BCUT2D eigenvalue weighted by Gasteiger charge is 2.04. The molecule has 0 bridgehead atoms. The minimum absolute atomic E-state index is 0.623. The molecule has 2 heterocycles. The van der Waals surface area contributed by atoms with E-state index < -0.39 is 0 Å². The summed E-state index contributed by atoms with van der Waals surface area (Å²) in [6.07, 6.45) is 1.74. The molecule has 1 N–H and O–H groups in total. The van der Waals surface area contributed by atoms with Gasteiger partial charge in [0.2, 0.25) is 5.88 Å². The third-order valence-electron chi connectivity index (χ3n) is 2.80. The van der Waals surface area contributed by atoms with E-state index >= 15 is 0 Å². The number of hydrogen-bond acceptors (Lipinski definition) is 5. The SMILES string of the molecule is COc1cc(CNc2nc3ccc(Br)cc3s2)ccn1. The monoisotopic (exact) mass is 349 g/mol. The molecule has 0 amide bonds. The van der Waals surface area contributed by atoms with Crippen molar-refractivity contribution in [2.75, 3.05) is 12.4 Å². The number of fused-ring (bicyclic) bond motifs is 1. The molecule has 6 heteroatoms. The van der Waals surface area contributed by atoms with Gasteiger partial charge < -0.3 is 10.1 Å². The number of aromatic nitrogens is 2. The summed E-state index contributed by atoms with van der Waals surface area (Å²) in [5.41, 5.74) is 2.12. The summed E-state index contributed by atoms with van der Waals surface area (Å²) in [6.45, 7) is 0.694. The van der Waals surface area contributed by atoms with Crippen LogP contribution in [0.3, 0.4) is 0 Å². The first-order valence-electron chi connectivity index (χ1n) is 6.03. The summed E-state index contributed by atoms with van der Waals surface area (Å²) in [6, 6.07) is 9.96. The molecule has 0 spiro atoms. The maximum Gasteiger partial charge on any atom is 0.213 e. The van der Waals surface area contributed by atoms with E-state index in [4.69, 9.17) is 4.74 Å². The highest BCUT2D eigenvalue weighted by molar-refractivity contribution is 9.10. The minimum Gasteiger partial charge on any atom is -0.481 e. The van der Waals surface area contributed by atoms with Crippen LogP contribution in [0.2, 0.25) is 0 Å². The third kappa shape index (κ3) is 2.91. The number of methoxy groups -OCH3 is 1. The van der Waals surface area contributed by atoms with E-state index in [0.29, 0.717) is 12.4 Å². The molecule has 102 valence electrons. The second-order valence-electron chi connectivity index (χ2n) is 4.19. The van der Waals surface area contributed by atoms with Crippen molar-refractivity contribution in [3.63, 3.8) is 0 Å². The van der Waals surface area contributed by atoms with E-state index in [0.717, 1.165) is 25.4 Å². The number of rotatable bonds is 4. The Kier molecular flexibility index (Phi) is 3.84. The summed E-state index contributed by atoms with van der Waals surface area (Å²) in [5.74, 6) is 0.623. The van der Waals surface area contributed by atoms with Crippen molar-refractivity contribution in [1.29, 1.82) is 0 Å². The molecule has 3 rings (SSSR count). The lowest BCUT2D eigenvalue weighted by Gasteiger charge is -2.04. The zero-order valence-corrected chi connectivity index (χ0v) is 13.2. The minimum atomic E-state index is 0.623. The predicted molar refractivity (Wildman–Crippen MR) is 85.4 cm³/mol. The Hall–Kier alpha value is -1.66. The van der Waals surface area contributed by atoms with Gasteiger partial charge in [0, 0.05) is 23.3 Å². The smallest absolute Gasteiger partial charge is 0.213 e. The number of pyridine rings is 1. The van der Waals surface area contributed by atoms with E-state index in [9.17, 15) is 0 Å². The van der Waals surface area contributed by atoms with Crippen molar-refractivity contribution in [2.45, 2.75) is 6.54 Å². The largest absolute Gasteiger partial charge is 0.481 e. The summed E-state index contributed by atoms with van der Waals surface area (Å²) < 4.78 is 7.34. The van der Waals surface area contributed by atoms with Crippen molar-refractivity contribution < 1.29 is 4.74 Å². The molecule has 0 aliphatic rings. The number of nitrogens with one attached hydrogen (secondary N) is 1. The topological polar surface area (TPSA) is 47.0 Å². The quantitative estimate of drug-likeness (QED) is 0.770. The second kappa shape index (κ2) is 5.76. The Labute approximate surface area is 129 Å². The first kappa shape index (κ1) is 13.3. The summed E-state index contributed by atoms with van der Waals surface area (Å²) in [5, 5.41) is 4.24. The molecule has 1 aromatic carbocycles. The molecule has 0 saturated carbocycles. The van der Waals surface area contributed by atoms with Gasteiger partial charge in [0.05, 0.1) is 17.3 Å². The molecule has 20 heavy (non-hydrogen) atoms.